The highest BCUT2D eigenvalue weighted by Gasteiger charge is 2.43. The van der Waals surface area contributed by atoms with Crippen molar-refractivity contribution in [2.24, 2.45) is 47.2 Å². The standard InChI is InChI=1S/C52H67N3O8S2/c1-2-31-18-34-22-46(60)48(63-49-23-35(19-38-9-6-15-54-38)40-14-16-55-52(53)44(40)29-65-64-28-37(27-57)51(49)62)25-42(34)43-24-47(61)50-33(21-41(31)43)11-10-32(20-39(58)12-13-45(50)59)36(26-56)17-30-7-4-3-5-8-30/h3-9,14-15,21-22,25,31-33,35-37,39,43,45,47,49-51,54-62H,2,12-13,16-20,23-24,26-29,53H2,1H3. The predicted molar refractivity (Wildman–Crippen MR) is 258 cm³/mol. The van der Waals surface area contributed by atoms with Crippen LogP contribution >= 0.6 is 21.6 Å². The summed E-state index contributed by atoms with van der Waals surface area (Å²) < 4.78 is 6.87. The lowest BCUT2D eigenvalue weighted by atomic mass is 9.70. The summed E-state index contributed by atoms with van der Waals surface area (Å²) in [6.45, 7) is 2.41. The topological polar surface area (TPSA) is 205 Å². The highest BCUT2D eigenvalue weighted by molar-refractivity contribution is 8.76. The van der Waals surface area contributed by atoms with Gasteiger partial charge in [0.05, 0.1) is 24.4 Å². The monoisotopic (exact) mass is 925 g/mol. The number of phenolic OH excluding ortho intramolecular Hbond substituents is 1. The van der Waals surface area contributed by atoms with Crippen molar-refractivity contribution in [1.82, 2.24) is 10.3 Å². The van der Waals surface area contributed by atoms with Crippen LogP contribution in [0.4, 0.5) is 0 Å². The molecule has 13 atom stereocenters. The Hall–Kier alpha value is -3.84. The van der Waals surface area contributed by atoms with Crippen LogP contribution in [0.1, 0.15) is 73.8 Å². The molecule has 2 aromatic carbocycles. The van der Waals surface area contributed by atoms with Crippen LogP contribution < -0.4 is 15.8 Å². The quantitative estimate of drug-likeness (QED) is 0.0672. The molecule has 11 nitrogen and oxygen atoms in total. The smallest absolute Gasteiger partial charge is 0.161 e. The Bertz CT molecular complexity index is 2220. The van der Waals surface area contributed by atoms with Crippen molar-refractivity contribution in [2.45, 2.75) is 101 Å². The van der Waals surface area contributed by atoms with Crippen LogP contribution in [-0.2, 0) is 19.3 Å². The molecule has 1 fully saturated rings. The van der Waals surface area contributed by atoms with E-state index in [1.807, 2.05) is 54.7 Å². The fourth-order valence-electron chi connectivity index (χ4n) is 11.2. The number of dihydropyridines is 1. The number of aliphatic hydroxyl groups is 6. The summed E-state index contributed by atoms with van der Waals surface area (Å²) >= 11 is 0. The van der Waals surface area contributed by atoms with E-state index in [2.05, 4.69) is 41.2 Å². The molecule has 0 radical (unpaired) electrons. The van der Waals surface area contributed by atoms with Gasteiger partial charge in [-0.05, 0) is 122 Å². The average molecular weight is 926 g/mol. The first kappa shape index (κ1) is 47.6. The largest absolute Gasteiger partial charge is 0.504 e. The number of aliphatic hydroxyl groups excluding tert-OH is 6. The number of ether oxygens (including phenoxy) is 1. The molecule has 3 heterocycles. The molecule has 0 spiro atoms. The van der Waals surface area contributed by atoms with Gasteiger partial charge in [0.2, 0.25) is 0 Å². The van der Waals surface area contributed by atoms with E-state index < -0.39 is 48.3 Å². The predicted octanol–water partition coefficient (Wildman–Crippen LogP) is 5.75. The number of rotatable bonds is 10. The summed E-state index contributed by atoms with van der Waals surface area (Å²) in [5.41, 5.74) is 13.9. The highest BCUT2D eigenvalue weighted by Crippen LogP contribution is 2.51. The van der Waals surface area contributed by atoms with Gasteiger partial charge in [-0.25, -0.2) is 0 Å². The van der Waals surface area contributed by atoms with E-state index in [0.29, 0.717) is 75.2 Å². The second kappa shape index (κ2) is 21.9. The minimum Gasteiger partial charge on any atom is -0.504 e. The first-order valence-electron chi connectivity index (χ1n) is 23.6. The molecule has 13 heteroatoms. The van der Waals surface area contributed by atoms with Crippen molar-refractivity contribution in [3.8, 4) is 23.3 Å². The number of nitrogens with two attached hydrogens (primary N) is 1. The summed E-state index contributed by atoms with van der Waals surface area (Å²) in [4.78, 5) is 3.35. The summed E-state index contributed by atoms with van der Waals surface area (Å²) in [6, 6.07) is 17.7. The summed E-state index contributed by atoms with van der Waals surface area (Å²) in [5.74, 6) is 6.63. The Morgan fingerprint density at radius 2 is 1.77 bits per heavy atom. The lowest BCUT2D eigenvalue weighted by Crippen LogP contribution is -2.42. The molecular weight excluding hydrogens is 859 g/mol. The average Bonchev–Trinajstić information content (AvgIpc) is 3.76. The van der Waals surface area contributed by atoms with Crippen molar-refractivity contribution >= 4 is 21.6 Å². The number of aromatic amines is 1. The number of benzene rings is 2. The van der Waals surface area contributed by atoms with Crippen LogP contribution in [0.15, 0.2) is 95.5 Å². The number of hydrogen-bond donors (Lipinski definition) is 10. The second-order valence-electron chi connectivity index (χ2n) is 18.9. The summed E-state index contributed by atoms with van der Waals surface area (Å²) in [7, 11) is 3.23. The maximum Gasteiger partial charge on any atom is 0.161 e. The Kier molecular flexibility index (Phi) is 16.0. The number of nitrogens with one attached hydrogen (secondary N) is 2. The van der Waals surface area contributed by atoms with Gasteiger partial charge in [-0.3, -0.25) is 0 Å². The molecule has 1 aromatic heterocycles. The molecule has 1 saturated heterocycles. The van der Waals surface area contributed by atoms with E-state index >= 15 is 0 Å². The minimum absolute atomic E-state index is 0.0343. The van der Waals surface area contributed by atoms with Gasteiger partial charge in [0.25, 0.3) is 0 Å². The van der Waals surface area contributed by atoms with Gasteiger partial charge in [-0.2, -0.15) is 0 Å². The number of H-pyrrole nitrogens is 1. The Balaban J connectivity index is 1.15. The third kappa shape index (κ3) is 11.0. The van der Waals surface area contributed by atoms with Crippen molar-refractivity contribution in [3.05, 3.63) is 118 Å². The van der Waals surface area contributed by atoms with Crippen LogP contribution in [0.3, 0.4) is 0 Å². The van der Waals surface area contributed by atoms with Crippen LogP contribution in [0.2, 0.25) is 0 Å². The minimum atomic E-state index is -1.07. The molecule has 0 saturated carbocycles. The molecular formula is C52H67N3O8S2. The van der Waals surface area contributed by atoms with Crippen LogP contribution in [0, 0.1) is 53.3 Å². The Labute approximate surface area is 391 Å². The summed E-state index contributed by atoms with van der Waals surface area (Å²) in [6.07, 6.45) is 6.30. The second-order valence-corrected chi connectivity index (χ2v) is 21.4. The number of hydrogen-bond acceptors (Lipinski definition) is 12. The first-order valence-corrected chi connectivity index (χ1v) is 26.1. The molecule has 3 aromatic rings. The van der Waals surface area contributed by atoms with Crippen LogP contribution in [0.25, 0.3) is 0 Å². The maximum absolute atomic E-state index is 12.3. The van der Waals surface area contributed by atoms with Crippen molar-refractivity contribution < 1.29 is 40.5 Å². The molecule has 350 valence electrons. The van der Waals surface area contributed by atoms with Crippen molar-refractivity contribution in [2.75, 3.05) is 31.3 Å². The first-order chi connectivity index (χ1) is 31.5. The van der Waals surface area contributed by atoms with E-state index in [1.165, 1.54) is 0 Å². The van der Waals surface area contributed by atoms with E-state index in [0.717, 1.165) is 45.5 Å². The van der Waals surface area contributed by atoms with Gasteiger partial charge in [-0.15, -0.1) is 0 Å². The zero-order valence-corrected chi connectivity index (χ0v) is 38.9. The number of fused-ring (bicyclic) bond motifs is 5. The number of phenols is 1. The lowest BCUT2D eigenvalue weighted by Gasteiger charge is -2.36. The van der Waals surface area contributed by atoms with Gasteiger partial charge in [0, 0.05) is 78.3 Å². The van der Waals surface area contributed by atoms with E-state index in [4.69, 9.17) is 10.5 Å². The number of allylic oxidation sites excluding steroid dienone is 3. The van der Waals surface area contributed by atoms with Gasteiger partial charge < -0.3 is 56.5 Å². The molecule has 8 rings (SSSR count). The molecule has 2 aliphatic heterocycles. The molecule has 13 unspecified atom stereocenters. The fourth-order valence-corrected chi connectivity index (χ4v) is 13.7. The SMILES string of the molecule is CCC1Cc2cc(O)c(OC3CC(Cc4ccc[nH]4)C4=CCNC(N)=C4CSSCC(CO)C3O)cc2C2CC(O)C3C(C#CC(C(CO)Cc4ccccc4)CC(O)CCC3O)C=C12. The highest BCUT2D eigenvalue weighted by atomic mass is 33.1. The van der Waals surface area contributed by atoms with E-state index in [-0.39, 0.29) is 54.3 Å². The zero-order chi connectivity index (χ0) is 45.6. The zero-order valence-electron chi connectivity index (χ0n) is 37.3. The number of aromatic nitrogens is 1. The van der Waals surface area contributed by atoms with Crippen molar-refractivity contribution in [1.29, 1.82) is 0 Å². The van der Waals surface area contributed by atoms with E-state index in [1.54, 1.807) is 27.7 Å². The molecule has 3 aliphatic carbocycles. The summed E-state index contributed by atoms with van der Waals surface area (Å²) in [5, 5.41) is 83.8. The maximum atomic E-state index is 12.3. The number of aromatic hydroxyl groups is 1. The van der Waals surface area contributed by atoms with Crippen LogP contribution in [-0.4, -0.2) is 103 Å². The Morgan fingerprint density at radius 1 is 0.938 bits per heavy atom. The molecule has 65 heavy (non-hydrogen) atoms. The van der Waals surface area contributed by atoms with Gasteiger partial charge >= 0.3 is 0 Å². The fraction of sp³-hybridized carbons (Fsp3) is 0.538. The van der Waals surface area contributed by atoms with E-state index in [9.17, 15) is 35.7 Å². The molecule has 0 bridgehead atoms. The third-order valence-corrected chi connectivity index (χ3v) is 17.2. The van der Waals surface area contributed by atoms with Crippen molar-refractivity contribution in [3.63, 3.8) is 0 Å². The molecule has 0 amide bonds. The normalized spacial score (nSPS) is 32.5. The molecule has 11 N–H and O–H groups in total. The molecule has 5 aliphatic rings. The van der Waals surface area contributed by atoms with Gasteiger partial charge in [-0.1, -0.05) is 88.4 Å². The third-order valence-electron chi connectivity index (χ3n) is 14.8. The van der Waals surface area contributed by atoms with Gasteiger partial charge in [0.1, 0.15) is 11.9 Å². The lowest BCUT2D eigenvalue weighted by molar-refractivity contribution is -0.0215. The van der Waals surface area contributed by atoms with Crippen LogP contribution in [0.5, 0.6) is 11.5 Å². The Morgan fingerprint density at radius 3 is 2.52 bits per heavy atom. The van der Waals surface area contributed by atoms with Gasteiger partial charge in [0.15, 0.2) is 11.5 Å².